The van der Waals surface area contributed by atoms with Gasteiger partial charge in [-0.2, -0.15) is 5.10 Å². The number of hydrogen-bond donors (Lipinski definition) is 1. The number of carbonyl (C=O) groups excluding carboxylic acids is 1. The molecule has 7 nitrogen and oxygen atoms in total. The molecule has 0 atom stereocenters. The molecule has 2 aromatic rings. The van der Waals surface area contributed by atoms with Gasteiger partial charge in [-0.3, -0.25) is 14.5 Å². The first-order chi connectivity index (χ1) is 11.4. The average Bonchev–Trinajstić information content (AvgIpc) is 2.92. The van der Waals surface area contributed by atoms with Crippen LogP contribution in [0.5, 0.6) is 0 Å². The summed E-state index contributed by atoms with van der Waals surface area (Å²) >= 11 is 1.42. The molecule has 0 fully saturated rings. The maximum Gasteiger partial charge on any atom is 0.267 e. The molecule has 1 amide bonds. The summed E-state index contributed by atoms with van der Waals surface area (Å²) in [5, 5.41) is 9.78. The van der Waals surface area contributed by atoms with Gasteiger partial charge in [0.2, 0.25) is 5.91 Å². The highest BCUT2D eigenvalue weighted by Crippen LogP contribution is 2.21. The lowest BCUT2D eigenvalue weighted by molar-refractivity contribution is -0.114. The summed E-state index contributed by atoms with van der Waals surface area (Å²) < 4.78 is 1.55. The monoisotopic (exact) mass is 347 g/mol. The Balaban J connectivity index is 1.71. The fourth-order valence-corrected chi connectivity index (χ4v) is 3.54. The molecule has 0 aromatic carbocycles. The van der Waals surface area contributed by atoms with Crippen molar-refractivity contribution in [2.24, 2.45) is 0 Å². The van der Waals surface area contributed by atoms with Crippen LogP contribution in [-0.2, 0) is 24.3 Å². The number of amides is 1. The van der Waals surface area contributed by atoms with Crippen molar-refractivity contribution in [3.63, 3.8) is 0 Å². The summed E-state index contributed by atoms with van der Waals surface area (Å²) in [4.78, 5) is 29.9. The SMILES string of the molecule is CC(=O)Nc1nc(CN2CCc3nn(C(C)C)c(=O)cc3C2)cs1. The van der Waals surface area contributed by atoms with E-state index in [1.807, 2.05) is 19.2 Å². The number of fused-ring (bicyclic) bond motifs is 1. The van der Waals surface area contributed by atoms with E-state index in [0.29, 0.717) is 18.2 Å². The smallest absolute Gasteiger partial charge is 0.267 e. The van der Waals surface area contributed by atoms with Crippen molar-refractivity contribution in [1.29, 1.82) is 0 Å². The molecule has 0 spiro atoms. The van der Waals surface area contributed by atoms with Crippen molar-refractivity contribution < 1.29 is 4.79 Å². The highest BCUT2D eigenvalue weighted by atomic mass is 32.1. The zero-order valence-electron chi connectivity index (χ0n) is 14.1. The normalized spacial score (nSPS) is 14.7. The van der Waals surface area contributed by atoms with Crippen molar-refractivity contribution in [2.45, 2.75) is 46.3 Å². The van der Waals surface area contributed by atoms with Crippen molar-refractivity contribution >= 4 is 22.4 Å². The van der Waals surface area contributed by atoms with E-state index in [-0.39, 0.29) is 17.5 Å². The predicted molar refractivity (Wildman–Crippen MR) is 93.1 cm³/mol. The predicted octanol–water partition coefficient (Wildman–Crippen LogP) is 1.80. The first-order valence-electron chi connectivity index (χ1n) is 7.98. The zero-order chi connectivity index (χ0) is 17.3. The molecule has 0 aliphatic carbocycles. The van der Waals surface area contributed by atoms with E-state index in [1.54, 1.807) is 10.7 Å². The average molecular weight is 347 g/mol. The van der Waals surface area contributed by atoms with Crippen LogP contribution >= 0.6 is 11.3 Å². The molecule has 3 rings (SSSR count). The second kappa shape index (κ2) is 6.82. The van der Waals surface area contributed by atoms with Crippen molar-refractivity contribution in [2.75, 3.05) is 11.9 Å². The van der Waals surface area contributed by atoms with Crippen LogP contribution < -0.4 is 10.9 Å². The van der Waals surface area contributed by atoms with Gasteiger partial charge in [0.15, 0.2) is 5.13 Å². The number of nitrogens with one attached hydrogen (secondary N) is 1. The topological polar surface area (TPSA) is 80.1 Å². The molecule has 1 aliphatic heterocycles. The molecule has 128 valence electrons. The zero-order valence-corrected chi connectivity index (χ0v) is 14.9. The van der Waals surface area contributed by atoms with Crippen molar-refractivity contribution in [3.05, 3.63) is 38.8 Å². The van der Waals surface area contributed by atoms with E-state index < -0.39 is 0 Å². The third kappa shape index (κ3) is 3.70. The Labute approximate surface area is 144 Å². The van der Waals surface area contributed by atoms with Crippen LogP contribution in [0.15, 0.2) is 16.2 Å². The van der Waals surface area contributed by atoms with Gasteiger partial charge in [0.1, 0.15) is 0 Å². The van der Waals surface area contributed by atoms with Gasteiger partial charge in [-0.1, -0.05) is 0 Å². The third-order valence-corrected chi connectivity index (χ3v) is 4.70. The van der Waals surface area contributed by atoms with Gasteiger partial charge in [-0.15, -0.1) is 11.3 Å². The summed E-state index contributed by atoms with van der Waals surface area (Å²) in [6.45, 7) is 7.67. The molecule has 3 heterocycles. The van der Waals surface area contributed by atoms with Crippen LogP contribution in [0, 0.1) is 0 Å². The Hall–Kier alpha value is -2.06. The standard InChI is InChI=1S/C16H21N5O2S/c1-10(2)21-15(23)6-12-7-20(5-4-14(12)19-21)8-13-9-24-16(18-13)17-11(3)22/h6,9-10H,4-5,7-8H2,1-3H3,(H,17,18,22). The van der Waals surface area contributed by atoms with Gasteiger partial charge in [-0.05, 0) is 19.4 Å². The Morgan fingerprint density at radius 3 is 2.96 bits per heavy atom. The van der Waals surface area contributed by atoms with Gasteiger partial charge < -0.3 is 5.32 Å². The fraction of sp³-hybridized carbons (Fsp3) is 0.500. The van der Waals surface area contributed by atoms with Crippen LogP contribution in [0.25, 0.3) is 0 Å². The summed E-state index contributed by atoms with van der Waals surface area (Å²) in [5.74, 6) is -0.115. The second-order valence-corrected chi connectivity index (χ2v) is 7.14. The number of hydrogen-bond acceptors (Lipinski definition) is 6. The Morgan fingerprint density at radius 1 is 1.46 bits per heavy atom. The molecule has 0 radical (unpaired) electrons. The molecular formula is C16H21N5O2S. The molecule has 0 saturated carbocycles. The Morgan fingerprint density at radius 2 is 2.25 bits per heavy atom. The van der Waals surface area contributed by atoms with E-state index >= 15 is 0 Å². The van der Waals surface area contributed by atoms with E-state index in [0.717, 1.165) is 29.9 Å². The van der Waals surface area contributed by atoms with E-state index in [9.17, 15) is 9.59 Å². The maximum absolute atomic E-state index is 12.1. The fourth-order valence-electron chi connectivity index (χ4n) is 2.80. The lowest BCUT2D eigenvalue weighted by Crippen LogP contribution is -2.35. The minimum absolute atomic E-state index is 0.0489. The summed E-state index contributed by atoms with van der Waals surface area (Å²) in [6.07, 6.45) is 0.824. The lowest BCUT2D eigenvalue weighted by atomic mass is 10.1. The van der Waals surface area contributed by atoms with Crippen molar-refractivity contribution in [3.8, 4) is 0 Å². The number of aromatic nitrogens is 3. The third-order valence-electron chi connectivity index (χ3n) is 3.89. The highest BCUT2D eigenvalue weighted by molar-refractivity contribution is 7.13. The van der Waals surface area contributed by atoms with Crippen LogP contribution in [-0.4, -0.2) is 32.1 Å². The number of nitrogens with zero attached hydrogens (tertiary/aromatic N) is 4. The van der Waals surface area contributed by atoms with Gasteiger partial charge in [-0.25, -0.2) is 9.67 Å². The van der Waals surface area contributed by atoms with Gasteiger partial charge >= 0.3 is 0 Å². The minimum atomic E-state index is -0.115. The van der Waals surface area contributed by atoms with Crippen molar-refractivity contribution in [1.82, 2.24) is 19.7 Å². The molecule has 2 aromatic heterocycles. The molecule has 0 saturated heterocycles. The summed E-state index contributed by atoms with van der Waals surface area (Å²) in [6, 6.07) is 1.78. The Bertz CT molecular complexity index is 811. The lowest BCUT2D eigenvalue weighted by Gasteiger charge is -2.27. The Kier molecular flexibility index (Phi) is 4.77. The van der Waals surface area contributed by atoms with Crippen LogP contribution in [0.3, 0.4) is 0 Å². The molecule has 1 N–H and O–H groups in total. The van der Waals surface area contributed by atoms with Crippen LogP contribution in [0.4, 0.5) is 5.13 Å². The second-order valence-electron chi connectivity index (χ2n) is 6.28. The maximum atomic E-state index is 12.1. The van der Waals surface area contributed by atoms with Gasteiger partial charge in [0.25, 0.3) is 5.56 Å². The molecule has 24 heavy (non-hydrogen) atoms. The van der Waals surface area contributed by atoms with E-state index in [2.05, 4.69) is 20.3 Å². The molecular weight excluding hydrogens is 326 g/mol. The number of rotatable bonds is 4. The quantitative estimate of drug-likeness (QED) is 0.912. The first kappa shape index (κ1) is 16.8. The number of anilines is 1. The molecule has 0 bridgehead atoms. The number of thiazole rings is 1. The molecule has 0 unspecified atom stereocenters. The van der Waals surface area contributed by atoms with E-state index in [4.69, 9.17) is 0 Å². The highest BCUT2D eigenvalue weighted by Gasteiger charge is 2.20. The largest absolute Gasteiger partial charge is 0.302 e. The summed E-state index contributed by atoms with van der Waals surface area (Å²) in [5.41, 5.74) is 2.89. The van der Waals surface area contributed by atoms with E-state index in [1.165, 1.54) is 18.3 Å². The van der Waals surface area contributed by atoms with Crippen LogP contribution in [0.2, 0.25) is 0 Å². The summed E-state index contributed by atoms with van der Waals surface area (Å²) in [7, 11) is 0. The van der Waals surface area contributed by atoms with Crippen LogP contribution in [0.1, 0.15) is 43.8 Å². The molecule has 8 heteroatoms. The first-order valence-corrected chi connectivity index (χ1v) is 8.86. The van der Waals surface area contributed by atoms with Gasteiger partial charge in [0.05, 0.1) is 17.4 Å². The number of carbonyl (C=O) groups is 1. The molecule has 1 aliphatic rings. The minimum Gasteiger partial charge on any atom is -0.302 e. The van der Waals surface area contributed by atoms with Gasteiger partial charge in [0, 0.05) is 44.4 Å².